The van der Waals surface area contributed by atoms with Gasteiger partial charge in [0.05, 0.1) is 0 Å². The first kappa shape index (κ1) is 9.04. The van der Waals surface area contributed by atoms with Gasteiger partial charge in [-0.3, -0.25) is 0 Å². The summed E-state index contributed by atoms with van der Waals surface area (Å²) >= 11 is 0. The highest BCUT2D eigenvalue weighted by Gasteiger charge is 2.24. The minimum absolute atomic E-state index is 0.303. The van der Waals surface area contributed by atoms with E-state index >= 15 is 0 Å². The molecule has 66 valence electrons. The summed E-state index contributed by atoms with van der Waals surface area (Å²) in [4.78, 5) is 3.91. The lowest BCUT2D eigenvalue weighted by molar-refractivity contribution is 0.332. The van der Waals surface area contributed by atoms with Gasteiger partial charge in [0.2, 0.25) is 0 Å². The molecule has 0 fully saturated rings. The standard InChI is InChI=1S/C10H16N2/c1-5-8-6-10(2,3)7-12-9(8)11-4/h5,12H,1,4,6-7H2,2-3H3. The second-order valence-corrected chi connectivity index (χ2v) is 3.93. The fourth-order valence-corrected chi connectivity index (χ4v) is 1.42. The molecule has 0 amide bonds. The summed E-state index contributed by atoms with van der Waals surface area (Å²) in [7, 11) is 0. The van der Waals surface area contributed by atoms with Gasteiger partial charge in [-0.2, -0.15) is 0 Å². The number of hydrogen-bond donors (Lipinski definition) is 1. The lowest BCUT2D eigenvalue weighted by atomic mass is 9.83. The van der Waals surface area contributed by atoms with Crippen molar-refractivity contribution < 1.29 is 0 Å². The van der Waals surface area contributed by atoms with E-state index in [-0.39, 0.29) is 0 Å². The van der Waals surface area contributed by atoms with Gasteiger partial charge in [-0.05, 0) is 24.1 Å². The highest BCUT2D eigenvalue weighted by atomic mass is 15.0. The Labute approximate surface area is 74.1 Å². The maximum atomic E-state index is 3.91. The van der Waals surface area contributed by atoms with Gasteiger partial charge in [-0.25, -0.2) is 4.99 Å². The Bertz CT molecular complexity index is 236. The zero-order valence-corrected chi connectivity index (χ0v) is 7.85. The zero-order chi connectivity index (χ0) is 9.19. The molecule has 1 heterocycles. The molecule has 0 atom stereocenters. The first-order chi connectivity index (χ1) is 5.59. The number of aliphatic imine (C=N–C) groups is 1. The first-order valence-corrected chi connectivity index (χ1v) is 4.15. The smallest absolute Gasteiger partial charge is 0.128 e. The molecule has 1 aliphatic heterocycles. The van der Waals surface area contributed by atoms with E-state index in [0.717, 1.165) is 18.8 Å². The van der Waals surface area contributed by atoms with Crippen molar-refractivity contribution in [2.24, 2.45) is 10.4 Å². The molecule has 2 heteroatoms. The average Bonchev–Trinajstić information content (AvgIpc) is 2.03. The fourth-order valence-electron chi connectivity index (χ4n) is 1.42. The van der Waals surface area contributed by atoms with E-state index in [1.54, 1.807) is 0 Å². The molecule has 0 saturated carbocycles. The number of hydrogen-bond acceptors (Lipinski definition) is 2. The monoisotopic (exact) mass is 164 g/mol. The summed E-state index contributed by atoms with van der Waals surface area (Å²) in [6.45, 7) is 12.7. The van der Waals surface area contributed by atoms with Gasteiger partial charge in [0.1, 0.15) is 5.82 Å². The van der Waals surface area contributed by atoms with Crippen molar-refractivity contribution in [1.29, 1.82) is 0 Å². The van der Waals surface area contributed by atoms with E-state index in [2.05, 4.69) is 37.5 Å². The van der Waals surface area contributed by atoms with Crippen LogP contribution in [0.25, 0.3) is 0 Å². The van der Waals surface area contributed by atoms with E-state index in [1.165, 1.54) is 5.57 Å². The van der Waals surface area contributed by atoms with Crippen LogP contribution >= 0.6 is 0 Å². The molecular formula is C10H16N2. The molecule has 2 nitrogen and oxygen atoms in total. The van der Waals surface area contributed by atoms with E-state index in [4.69, 9.17) is 0 Å². The van der Waals surface area contributed by atoms with Crippen LogP contribution in [0.5, 0.6) is 0 Å². The summed E-state index contributed by atoms with van der Waals surface area (Å²) in [6.07, 6.45) is 2.88. The lowest BCUT2D eigenvalue weighted by Crippen LogP contribution is -2.34. The lowest BCUT2D eigenvalue weighted by Gasteiger charge is -2.31. The minimum Gasteiger partial charge on any atom is -0.369 e. The molecule has 1 N–H and O–H groups in total. The van der Waals surface area contributed by atoms with Crippen LogP contribution in [0.1, 0.15) is 20.3 Å². The summed E-state index contributed by atoms with van der Waals surface area (Å²) in [5, 5.41) is 3.24. The molecule has 0 spiro atoms. The van der Waals surface area contributed by atoms with Gasteiger partial charge >= 0.3 is 0 Å². The van der Waals surface area contributed by atoms with Crippen molar-refractivity contribution >= 4 is 6.72 Å². The highest BCUT2D eigenvalue weighted by Crippen LogP contribution is 2.30. The third-order valence-electron chi connectivity index (χ3n) is 2.11. The Morgan fingerprint density at radius 1 is 1.58 bits per heavy atom. The molecule has 0 saturated heterocycles. The van der Waals surface area contributed by atoms with Crippen molar-refractivity contribution in [2.45, 2.75) is 20.3 Å². The fraction of sp³-hybridized carbons (Fsp3) is 0.500. The maximum absolute atomic E-state index is 3.91. The van der Waals surface area contributed by atoms with Gasteiger partial charge < -0.3 is 5.32 Å². The van der Waals surface area contributed by atoms with Gasteiger partial charge in [-0.1, -0.05) is 26.5 Å². The molecule has 0 aliphatic carbocycles. The summed E-state index contributed by atoms with van der Waals surface area (Å²) in [5.74, 6) is 0.893. The van der Waals surface area contributed by atoms with Crippen LogP contribution in [0.2, 0.25) is 0 Å². The van der Waals surface area contributed by atoms with Crippen LogP contribution in [0, 0.1) is 5.41 Å². The van der Waals surface area contributed by atoms with Crippen molar-refractivity contribution in [2.75, 3.05) is 6.54 Å². The minimum atomic E-state index is 0.303. The number of nitrogens with zero attached hydrogens (tertiary/aromatic N) is 1. The molecule has 0 aromatic carbocycles. The van der Waals surface area contributed by atoms with E-state index in [1.807, 2.05) is 6.08 Å². The van der Waals surface area contributed by atoms with E-state index < -0.39 is 0 Å². The van der Waals surface area contributed by atoms with Gasteiger partial charge in [0, 0.05) is 6.54 Å². The third-order valence-corrected chi connectivity index (χ3v) is 2.11. The van der Waals surface area contributed by atoms with Crippen molar-refractivity contribution in [1.82, 2.24) is 5.32 Å². The summed E-state index contributed by atoms with van der Waals surface area (Å²) < 4.78 is 0. The van der Waals surface area contributed by atoms with Gasteiger partial charge in [-0.15, -0.1) is 0 Å². The first-order valence-electron chi connectivity index (χ1n) is 4.15. The molecule has 1 aliphatic rings. The van der Waals surface area contributed by atoms with E-state index in [9.17, 15) is 0 Å². The molecule has 0 radical (unpaired) electrons. The quantitative estimate of drug-likeness (QED) is 0.621. The second kappa shape index (κ2) is 3.13. The van der Waals surface area contributed by atoms with Crippen LogP contribution in [0.4, 0.5) is 0 Å². The van der Waals surface area contributed by atoms with Crippen molar-refractivity contribution in [3.63, 3.8) is 0 Å². The van der Waals surface area contributed by atoms with Gasteiger partial charge in [0.25, 0.3) is 0 Å². The normalized spacial score (nSPS) is 21.5. The largest absolute Gasteiger partial charge is 0.369 e. The highest BCUT2D eigenvalue weighted by molar-refractivity contribution is 5.34. The average molecular weight is 164 g/mol. The van der Waals surface area contributed by atoms with Crippen LogP contribution in [-0.2, 0) is 0 Å². The molecule has 0 bridgehead atoms. The SMILES string of the molecule is C=CC1=C(N=C)NCC(C)(C)C1. The predicted molar refractivity (Wildman–Crippen MR) is 53.2 cm³/mol. The van der Waals surface area contributed by atoms with E-state index in [0.29, 0.717) is 5.41 Å². The Hall–Kier alpha value is -1.05. The molecule has 1 rings (SSSR count). The Morgan fingerprint density at radius 3 is 2.75 bits per heavy atom. The van der Waals surface area contributed by atoms with Crippen LogP contribution in [0.3, 0.4) is 0 Å². The molecule has 12 heavy (non-hydrogen) atoms. The Kier molecular flexibility index (Phi) is 2.36. The van der Waals surface area contributed by atoms with Crippen LogP contribution in [-0.4, -0.2) is 13.3 Å². The van der Waals surface area contributed by atoms with Crippen LogP contribution in [0.15, 0.2) is 29.0 Å². The molecule has 0 unspecified atom stereocenters. The Balaban J connectivity index is 2.91. The maximum Gasteiger partial charge on any atom is 0.128 e. The number of allylic oxidation sites excluding steroid dienone is 2. The molecular weight excluding hydrogens is 148 g/mol. The summed E-state index contributed by atoms with van der Waals surface area (Å²) in [6, 6.07) is 0. The number of rotatable bonds is 2. The Morgan fingerprint density at radius 2 is 2.25 bits per heavy atom. The second-order valence-electron chi connectivity index (χ2n) is 3.93. The van der Waals surface area contributed by atoms with Crippen LogP contribution < -0.4 is 5.32 Å². The third kappa shape index (κ3) is 1.76. The number of nitrogens with one attached hydrogen (secondary N) is 1. The molecule has 0 aromatic rings. The topological polar surface area (TPSA) is 24.4 Å². The zero-order valence-electron chi connectivity index (χ0n) is 7.85. The van der Waals surface area contributed by atoms with Crippen molar-refractivity contribution in [3.05, 3.63) is 24.0 Å². The molecule has 0 aromatic heterocycles. The summed E-state index contributed by atoms with van der Waals surface area (Å²) in [5.41, 5.74) is 1.47. The van der Waals surface area contributed by atoms with Gasteiger partial charge in [0.15, 0.2) is 0 Å². The predicted octanol–water partition coefficient (Wildman–Crippen LogP) is 2.10. The van der Waals surface area contributed by atoms with Crippen molar-refractivity contribution in [3.8, 4) is 0 Å².